The molecule has 1 saturated heterocycles. The fourth-order valence-corrected chi connectivity index (χ4v) is 5.45. The van der Waals surface area contributed by atoms with Crippen LogP contribution in [0.1, 0.15) is 44.9 Å². The van der Waals surface area contributed by atoms with Crippen LogP contribution in [0.3, 0.4) is 0 Å². The predicted molar refractivity (Wildman–Crippen MR) is 63.2 cm³/mol. The first kappa shape index (κ1) is 10.4. The third-order valence-corrected chi connectivity index (χ3v) is 5.66. The molecular weight excluding hydrogens is 214 g/mol. The molecule has 5 rings (SSSR count). The number of rotatable bonds is 1. The smallest absolute Gasteiger partial charge is 0.222 e. The Labute approximate surface area is 102 Å². The molecule has 0 radical (unpaired) electrons. The van der Waals surface area contributed by atoms with Gasteiger partial charge in [0.25, 0.3) is 0 Å². The molecule has 1 amide bonds. The van der Waals surface area contributed by atoms with Gasteiger partial charge >= 0.3 is 0 Å². The zero-order valence-electron chi connectivity index (χ0n) is 10.3. The van der Waals surface area contributed by atoms with Crippen LogP contribution in [0.5, 0.6) is 0 Å². The van der Waals surface area contributed by atoms with Crippen LogP contribution in [0.25, 0.3) is 0 Å². The SMILES string of the molecule is O=C1CCCN1C1[C@@H]2CC3C[C@@H]1CC(O)(C3)C2. The minimum Gasteiger partial charge on any atom is -0.390 e. The summed E-state index contributed by atoms with van der Waals surface area (Å²) in [6.07, 6.45) is 7.25. The van der Waals surface area contributed by atoms with E-state index in [1.807, 2.05) is 0 Å². The van der Waals surface area contributed by atoms with Gasteiger partial charge in [-0.1, -0.05) is 0 Å². The van der Waals surface area contributed by atoms with E-state index < -0.39 is 0 Å². The lowest BCUT2D eigenvalue weighted by Crippen LogP contribution is -2.61. The van der Waals surface area contributed by atoms with Gasteiger partial charge < -0.3 is 10.0 Å². The van der Waals surface area contributed by atoms with Gasteiger partial charge in [-0.2, -0.15) is 0 Å². The highest BCUT2D eigenvalue weighted by molar-refractivity contribution is 5.78. The van der Waals surface area contributed by atoms with Crippen LogP contribution in [-0.4, -0.2) is 34.1 Å². The van der Waals surface area contributed by atoms with Crippen LogP contribution < -0.4 is 0 Å². The Morgan fingerprint density at radius 2 is 1.88 bits per heavy atom. The molecule has 4 aliphatic carbocycles. The van der Waals surface area contributed by atoms with Gasteiger partial charge in [-0.05, 0) is 56.3 Å². The minimum atomic E-state index is -0.365. The first-order valence-corrected chi connectivity index (χ1v) is 7.16. The number of hydrogen-bond acceptors (Lipinski definition) is 2. The van der Waals surface area contributed by atoms with Gasteiger partial charge in [0.1, 0.15) is 0 Å². The molecule has 3 nitrogen and oxygen atoms in total. The quantitative estimate of drug-likeness (QED) is 0.749. The number of hydrogen-bond donors (Lipinski definition) is 1. The zero-order chi connectivity index (χ0) is 11.6. The molecule has 4 saturated carbocycles. The van der Waals surface area contributed by atoms with E-state index >= 15 is 0 Å². The van der Waals surface area contributed by atoms with Gasteiger partial charge in [-0.15, -0.1) is 0 Å². The molecule has 0 spiro atoms. The van der Waals surface area contributed by atoms with E-state index in [4.69, 9.17) is 0 Å². The van der Waals surface area contributed by atoms with Crippen LogP contribution in [0.2, 0.25) is 0 Å². The van der Waals surface area contributed by atoms with Crippen molar-refractivity contribution in [2.45, 2.75) is 56.6 Å². The van der Waals surface area contributed by atoms with Crippen molar-refractivity contribution in [1.29, 1.82) is 0 Å². The number of carbonyl (C=O) groups excluding carboxylic acids is 1. The Hall–Kier alpha value is -0.570. The summed E-state index contributed by atoms with van der Waals surface area (Å²) < 4.78 is 0. The van der Waals surface area contributed by atoms with Gasteiger partial charge in [0.15, 0.2) is 0 Å². The highest BCUT2D eigenvalue weighted by Gasteiger charge is 2.56. The monoisotopic (exact) mass is 235 g/mol. The molecule has 2 atom stereocenters. The second-order valence-electron chi connectivity index (χ2n) is 6.88. The van der Waals surface area contributed by atoms with Crippen molar-refractivity contribution >= 4 is 5.91 Å². The molecule has 5 aliphatic rings. The standard InChI is InChI=1S/C14H21NO2/c16-12-2-1-3-15(12)13-10-4-9-5-11(13)8-14(17,6-9)7-10/h9-11,13,17H,1-8H2/t9?,10-,11-,13?,14?/m1/s1. The molecule has 1 heterocycles. The number of likely N-dealkylation sites (tertiary alicyclic amines) is 1. The van der Waals surface area contributed by atoms with Gasteiger partial charge in [-0.3, -0.25) is 4.79 Å². The van der Waals surface area contributed by atoms with E-state index in [0.29, 0.717) is 23.8 Å². The van der Waals surface area contributed by atoms with Gasteiger partial charge in [0.05, 0.1) is 5.60 Å². The molecule has 1 aliphatic heterocycles. The Balaban J connectivity index is 1.64. The summed E-state index contributed by atoms with van der Waals surface area (Å²) in [5, 5.41) is 10.5. The Morgan fingerprint density at radius 1 is 1.18 bits per heavy atom. The second-order valence-corrected chi connectivity index (χ2v) is 6.88. The number of carbonyl (C=O) groups is 1. The molecule has 0 aromatic carbocycles. The largest absolute Gasteiger partial charge is 0.390 e. The lowest BCUT2D eigenvalue weighted by Gasteiger charge is -2.59. The second kappa shape index (κ2) is 3.25. The van der Waals surface area contributed by atoms with Crippen molar-refractivity contribution < 1.29 is 9.90 Å². The molecule has 1 N–H and O–H groups in total. The molecule has 0 unspecified atom stereocenters. The van der Waals surface area contributed by atoms with E-state index in [0.717, 1.165) is 44.6 Å². The number of nitrogens with zero attached hydrogens (tertiary/aromatic N) is 1. The number of aliphatic hydroxyl groups is 1. The lowest BCUT2D eigenvalue weighted by molar-refractivity contribution is -0.166. The normalized spacial score (nSPS) is 52.5. The van der Waals surface area contributed by atoms with E-state index in [2.05, 4.69) is 4.90 Å². The molecule has 0 aromatic heterocycles. The lowest BCUT2D eigenvalue weighted by atomic mass is 9.52. The maximum Gasteiger partial charge on any atom is 0.222 e. The van der Waals surface area contributed by atoms with Gasteiger partial charge in [0.2, 0.25) is 5.91 Å². The summed E-state index contributed by atoms with van der Waals surface area (Å²) in [6.45, 7) is 0.972. The van der Waals surface area contributed by atoms with Crippen LogP contribution in [0.15, 0.2) is 0 Å². The number of amides is 1. The first-order chi connectivity index (χ1) is 8.15. The highest BCUT2D eigenvalue weighted by atomic mass is 16.3. The van der Waals surface area contributed by atoms with E-state index in [1.165, 1.54) is 12.8 Å². The average molecular weight is 235 g/mol. The molecule has 0 aromatic rings. The van der Waals surface area contributed by atoms with Crippen LogP contribution in [-0.2, 0) is 4.79 Å². The van der Waals surface area contributed by atoms with E-state index in [1.54, 1.807) is 0 Å². The van der Waals surface area contributed by atoms with Crippen molar-refractivity contribution in [1.82, 2.24) is 4.90 Å². The molecule has 4 bridgehead atoms. The zero-order valence-corrected chi connectivity index (χ0v) is 10.3. The molecule has 94 valence electrons. The van der Waals surface area contributed by atoms with Crippen molar-refractivity contribution in [3.05, 3.63) is 0 Å². The summed E-state index contributed by atoms with van der Waals surface area (Å²) in [5.41, 5.74) is -0.365. The van der Waals surface area contributed by atoms with E-state index in [-0.39, 0.29) is 5.60 Å². The van der Waals surface area contributed by atoms with E-state index in [9.17, 15) is 9.90 Å². The summed E-state index contributed by atoms with van der Waals surface area (Å²) in [7, 11) is 0. The molecule has 5 fully saturated rings. The summed E-state index contributed by atoms with van der Waals surface area (Å²) in [4.78, 5) is 14.1. The fourth-order valence-electron chi connectivity index (χ4n) is 5.45. The summed E-state index contributed by atoms with van der Waals surface area (Å²) >= 11 is 0. The van der Waals surface area contributed by atoms with Crippen molar-refractivity contribution in [2.24, 2.45) is 17.8 Å². The predicted octanol–water partition coefficient (Wildman–Crippen LogP) is 1.55. The third-order valence-electron chi connectivity index (χ3n) is 5.66. The topological polar surface area (TPSA) is 40.5 Å². The van der Waals surface area contributed by atoms with Crippen LogP contribution in [0, 0.1) is 17.8 Å². The Kier molecular flexibility index (Phi) is 1.98. The maximum absolute atomic E-state index is 11.9. The van der Waals surface area contributed by atoms with Crippen LogP contribution in [0.4, 0.5) is 0 Å². The van der Waals surface area contributed by atoms with Gasteiger partial charge in [-0.25, -0.2) is 0 Å². The minimum absolute atomic E-state index is 0.365. The fraction of sp³-hybridized carbons (Fsp3) is 0.929. The first-order valence-electron chi connectivity index (χ1n) is 7.16. The highest BCUT2D eigenvalue weighted by Crippen LogP contribution is 2.57. The average Bonchev–Trinajstić information content (AvgIpc) is 2.61. The third kappa shape index (κ3) is 1.41. The Morgan fingerprint density at radius 3 is 2.41 bits per heavy atom. The molecule has 3 heteroatoms. The summed E-state index contributed by atoms with van der Waals surface area (Å²) in [6, 6.07) is 0.474. The summed E-state index contributed by atoms with van der Waals surface area (Å²) in [5.74, 6) is 2.29. The molecule has 17 heavy (non-hydrogen) atoms. The van der Waals surface area contributed by atoms with Crippen molar-refractivity contribution in [3.8, 4) is 0 Å². The molecular formula is C14H21NO2. The Bertz CT molecular complexity index is 351. The van der Waals surface area contributed by atoms with Crippen LogP contribution >= 0.6 is 0 Å². The van der Waals surface area contributed by atoms with Crippen molar-refractivity contribution in [2.75, 3.05) is 6.54 Å². The van der Waals surface area contributed by atoms with Crippen molar-refractivity contribution in [3.63, 3.8) is 0 Å². The van der Waals surface area contributed by atoms with Gasteiger partial charge in [0, 0.05) is 19.0 Å². The maximum atomic E-state index is 11.9.